The van der Waals surface area contributed by atoms with E-state index >= 15 is 0 Å². The molecule has 1 amide bonds. The molecule has 1 atom stereocenters. The zero-order valence-electron chi connectivity index (χ0n) is 10.0. The SMILES string of the molecule is CC(NC(=O)c1cn(CCN)cn1)c1nccs1. The van der Waals surface area contributed by atoms with Crippen LogP contribution in [-0.4, -0.2) is 27.0 Å². The third-order valence-corrected chi connectivity index (χ3v) is 3.38. The van der Waals surface area contributed by atoms with Crippen LogP contribution in [-0.2, 0) is 6.54 Å². The van der Waals surface area contributed by atoms with Crippen LogP contribution in [0.25, 0.3) is 0 Å². The average Bonchev–Trinajstić information content (AvgIpc) is 3.00. The fourth-order valence-electron chi connectivity index (χ4n) is 1.53. The summed E-state index contributed by atoms with van der Waals surface area (Å²) in [5.41, 5.74) is 5.83. The normalized spacial score (nSPS) is 12.3. The Morgan fingerprint density at radius 3 is 3.11 bits per heavy atom. The smallest absolute Gasteiger partial charge is 0.272 e. The number of nitrogens with one attached hydrogen (secondary N) is 1. The van der Waals surface area contributed by atoms with Gasteiger partial charge in [-0.25, -0.2) is 9.97 Å². The highest BCUT2D eigenvalue weighted by molar-refractivity contribution is 7.09. The maximum Gasteiger partial charge on any atom is 0.272 e. The Morgan fingerprint density at radius 2 is 2.44 bits per heavy atom. The van der Waals surface area contributed by atoms with Crippen molar-refractivity contribution in [2.24, 2.45) is 5.73 Å². The highest BCUT2D eigenvalue weighted by Crippen LogP contribution is 2.15. The van der Waals surface area contributed by atoms with Crippen molar-refractivity contribution < 1.29 is 4.79 Å². The number of amides is 1. The van der Waals surface area contributed by atoms with E-state index in [0.29, 0.717) is 18.8 Å². The van der Waals surface area contributed by atoms with Gasteiger partial charge in [-0.05, 0) is 6.92 Å². The van der Waals surface area contributed by atoms with E-state index in [4.69, 9.17) is 5.73 Å². The minimum atomic E-state index is -0.200. The van der Waals surface area contributed by atoms with Gasteiger partial charge in [0, 0.05) is 30.9 Å². The number of thiazole rings is 1. The summed E-state index contributed by atoms with van der Waals surface area (Å²) in [7, 11) is 0. The van der Waals surface area contributed by atoms with E-state index < -0.39 is 0 Å². The van der Waals surface area contributed by atoms with E-state index in [1.807, 2.05) is 12.3 Å². The van der Waals surface area contributed by atoms with Crippen LogP contribution >= 0.6 is 11.3 Å². The van der Waals surface area contributed by atoms with Gasteiger partial charge in [-0.3, -0.25) is 4.79 Å². The fourth-order valence-corrected chi connectivity index (χ4v) is 2.18. The lowest BCUT2D eigenvalue weighted by Crippen LogP contribution is -2.26. The van der Waals surface area contributed by atoms with Crippen molar-refractivity contribution in [3.05, 3.63) is 34.8 Å². The van der Waals surface area contributed by atoms with Gasteiger partial charge in [0.2, 0.25) is 0 Å². The molecule has 0 aromatic carbocycles. The lowest BCUT2D eigenvalue weighted by atomic mass is 10.3. The van der Waals surface area contributed by atoms with Crippen LogP contribution in [0.1, 0.15) is 28.5 Å². The Labute approximate surface area is 109 Å². The van der Waals surface area contributed by atoms with Gasteiger partial charge in [-0.1, -0.05) is 0 Å². The first kappa shape index (κ1) is 12.7. The molecule has 2 aromatic heterocycles. The van der Waals surface area contributed by atoms with Gasteiger partial charge in [0.05, 0.1) is 12.4 Å². The van der Waals surface area contributed by atoms with Gasteiger partial charge < -0.3 is 15.6 Å². The third kappa shape index (κ3) is 2.93. The summed E-state index contributed by atoms with van der Waals surface area (Å²) < 4.78 is 1.79. The van der Waals surface area contributed by atoms with Crippen LogP contribution in [0.4, 0.5) is 0 Å². The average molecular weight is 265 g/mol. The van der Waals surface area contributed by atoms with E-state index in [2.05, 4.69) is 15.3 Å². The summed E-state index contributed by atoms with van der Waals surface area (Å²) in [6.07, 6.45) is 5.02. The van der Waals surface area contributed by atoms with Crippen molar-refractivity contribution in [1.82, 2.24) is 19.9 Å². The summed E-state index contributed by atoms with van der Waals surface area (Å²) in [5, 5.41) is 5.62. The predicted molar refractivity (Wildman–Crippen MR) is 69.3 cm³/mol. The van der Waals surface area contributed by atoms with Gasteiger partial charge in [-0.15, -0.1) is 11.3 Å². The predicted octanol–water partition coefficient (Wildman–Crippen LogP) is 0.789. The number of nitrogens with zero attached hydrogens (tertiary/aromatic N) is 3. The Balaban J connectivity index is 1.98. The molecule has 2 heterocycles. The molecule has 96 valence electrons. The van der Waals surface area contributed by atoms with Crippen molar-refractivity contribution in [1.29, 1.82) is 0 Å². The number of hydrogen-bond donors (Lipinski definition) is 2. The third-order valence-electron chi connectivity index (χ3n) is 2.42. The molecule has 0 saturated carbocycles. The molecule has 0 aliphatic heterocycles. The van der Waals surface area contributed by atoms with E-state index in [1.54, 1.807) is 23.3 Å². The zero-order chi connectivity index (χ0) is 13.0. The van der Waals surface area contributed by atoms with Crippen molar-refractivity contribution >= 4 is 17.2 Å². The summed E-state index contributed by atoms with van der Waals surface area (Å²) in [5.74, 6) is -0.200. The van der Waals surface area contributed by atoms with Crippen LogP contribution in [0.15, 0.2) is 24.1 Å². The highest BCUT2D eigenvalue weighted by atomic mass is 32.1. The standard InChI is InChI=1S/C11H15N5OS/c1-8(11-13-3-5-18-11)15-10(17)9-6-16(4-2-12)7-14-9/h3,5-8H,2,4,12H2,1H3,(H,15,17). The van der Waals surface area contributed by atoms with Gasteiger partial charge in [0.25, 0.3) is 5.91 Å². The molecule has 6 nitrogen and oxygen atoms in total. The van der Waals surface area contributed by atoms with E-state index in [-0.39, 0.29) is 11.9 Å². The summed E-state index contributed by atoms with van der Waals surface area (Å²) >= 11 is 1.51. The second kappa shape index (κ2) is 5.74. The van der Waals surface area contributed by atoms with E-state index in [0.717, 1.165) is 5.01 Å². The first-order valence-electron chi connectivity index (χ1n) is 5.63. The lowest BCUT2D eigenvalue weighted by Gasteiger charge is -2.09. The molecule has 0 aliphatic rings. The zero-order valence-corrected chi connectivity index (χ0v) is 10.9. The van der Waals surface area contributed by atoms with Gasteiger partial charge in [0.1, 0.15) is 10.7 Å². The number of carbonyl (C=O) groups excluding carboxylic acids is 1. The van der Waals surface area contributed by atoms with Crippen molar-refractivity contribution in [3.63, 3.8) is 0 Å². The van der Waals surface area contributed by atoms with Gasteiger partial charge in [0.15, 0.2) is 0 Å². The van der Waals surface area contributed by atoms with Crippen LogP contribution in [0.3, 0.4) is 0 Å². The molecule has 2 aromatic rings. The van der Waals surface area contributed by atoms with Crippen LogP contribution in [0, 0.1) is 0 Å². The molecule has 3 N–H and O–H groups in total. The molecule has 0 radical (unpaired) electrons. The molecule has 0 saturated heterocycles. The minimum Gasteiger partial charge on any atom is -0.342 e. The van der Waals surface area contributed by atoms with Crippen molar-refractivity contribution in [2.75, 3.05) is 6.54 Å². The quantitative estimate of drug-likeness (QED) is 0.837. The first-order valence-corrected chi connectivity index (χ1v) is 6.50. The second-order valence-electron chi connectivity index (χ2n) is 3.85. The largest absolute Gasteiger partial charge is 0.342 e. The second-order valence-corrected chi connectivity index (χ2v) is 4.78. The van der Waals surface area contributed by atoms with Crippen molar-refractivity contribution in [3.8, 4) is 0 Å². The Bertz CT molecular complexity index is 507. The van der Waals surface area contributed by atoms with Crippen LogP contribution in [0.2, 0.25) is 0 Å². The topological polar surface area (TPSA) is 85.8 Å². The minimum absolute atomic E-state index is 0.114. The molecule has 0 bridgehead atoms. The maximum atomic E-state index is 11.9. The van der Waals surface area contributed by atoms with Gasteiger partial charge in [-0.2, -0.15) is 0 Å². The van der Waals surface area contributed by atoms with Gasteiger partial charge >= 0.3 is 0 Å². The molecule has 18 heavy (non-hydrogen) atoms. The number of nitrogens with two attached hydrogens (primary N) is 1. The number of carbonyl (C=O) groups is 1. The Kier molecular flexibility index (Phi) is 4.06. The molecule has 0 fully saturated rings. The van der Waals surface area contributed by atoms with Crippen LogP contribution in [0.5, 0.6) is 0 Å². The summed E-state index contributed by atoms with van der Waals surface area (Å²) in [6.45, 7) is 3.07. The van der Waals surface area contributed by atoms with Crippen molar-refractivity contribution in [2.45, 2.75) is 19.5 Å². The molecule has 7 heteroatoms. The summed E-state index contributed by atoms with van der Waals surface area (Å²) in [4.78, 5) is 20.1. The number of aromatic nitrogens is 3. The number of rotatable bonds is 5. The highest BCUT2D eigenvalue weighted by Gasteiger charge is 2.15. The fraction of sp³-hybridized carbons (Fsp3) is 0.364. The molecule has 0 aliphatic carbocycles. The molecular weight excluding hydrogens is 250 g/mol. The Hall–Kier alpha value is -1.73. The lowest BCUT2D eigenvalue weighted by molar-refractivity contribution is 0.0935. The number of imidazole rings is 1. The van der Waals surface area contributed by atoms with E-state index in [9.17, 15) is 4.79 Å². The summed E-state index contributed by atoms with van der Waals surface area (Å²) in [6, 6.07) is -0.114. The van der Waals surface area contributed by atoms with E-state index in [1.165, 1.54) is 11.3 Å². The maximum absolute atomic E-state index is 11.9. The van der Waals surface area contributed by atoms with Crippen LogP contribution < -0.4 is 11.1 Å². The number of hydrogen-bond acceptors (Lipinski definition) is 5. The molecular formula is C11H15N5OS. The Morgan fingerprint density at radius 1 is 1.61 bits per heavy atom. The first-order chi connectivity index (χ1) is 8.70. The monoisotopic (exact) mass is 265 g/mol. The molecule has 2 rings (SSSR count). The molecule has 1 unspecified atom stereocenters. The molecule has 0 spiro atoms.